The van der Waals surface area contributed by atoms with E-state index in [0.29, 0.717) is 86.0 Å². The van der Waals surface area contributed by atoms with Crippen LogP contribution in [0.25, 0.3) is 38.5 Å². The molecule has 6 aromatic rings. The third kappa shape index (κ3) is 15.8. The summed E-state index contributed by atoms with van der Waals surface area (Å²) >= 11 is 1.58. The molecule has 0 spiro atoms. The molecule has 0 bridgehead atoms. The van der Waals surface area contributed by atoms with Gasteiger partial charge < -0.3 is 39.2 Å². The quantitative estimate of drug-likeness (QED) is 0.0516. The normalized spacial score (nSPS) is 16.5. The van der Waals surface area contributed by atoms with Crippen molar-refractivity contribution in [2.24, 2.45) is 11.3 Å². The van der Waals surface area contributed by atoms with Crippen LogP contribution in [0.4, 0.5) is 20.7 Å². The molecule has 2 aliphatic heterocycles. The van der Waals surface area contributed by atoms with Crippen LogP contribution in [0, 0.1) is 31.0 Å². The number of aryl methyl sites for hydroxylation is 2. The van der Waals surface area contributed by atoms with Gasteiger partial charge in [-0.25, -0.2) is 29.1 Å². The van der Waals surface area contributed by atoms with Gasteiger partial charge in [-0.3, -0.25) is 29.2 Å². The minimum atomic E-state index is -0.844. The third-order valence-electron chi connectivity index (χ3n) is 14.1. The number of imidazole rings is 1. The smallest absolute Gasteiger partial charge is 0.413 e. The minimum Gasteiger partial charge on any atom is -0.444 e. The summed E-state index contributed by atoms with van der Waals surface area (Å²) in [6.45, 7) is 20.9. The number of β-amino-alcohol motifs (C(OH)–C–C–N with tert-alkyl or cyclic N) is 1. The van der Waals surface area contributed by atoms with E-state index in [0.717, 1.165) is 46.9 Å². The van der Waals surface area contributed by atoms with Crippen LogP contribution in [0.2, 0.25) is 0 Å². The predicted octanol–water partition coefficient (Wildman–Crippen LogP) is 8.17. The Kier molecular flexibility index (Phi) is 19.8. The number of ketones is 1. The van der Waals surface area contributed by atoms with E-state index in [1.807, 2.05) is 93.2 Å². The van der Waals surface area contributed by atoms with Crippen LogP contribution in [0.15, 0.2) is 78.4 Å². The van der Waals surface area contributed by atoms with Gasteiger partial charge in [0.25, 0.3) is 0 Å². The van der Waals surface area contributed by atoms with Crippen molar-refractivity contribution < 1.29 is 47.6 Å². The minimum absolute atomic E-state index is 0.00250. The predicted molar refractivity (Wildman–Crippen MR) is 305 cm³/mol. The standard InChI is InChI=1S/C59H75FN10O9S/c1-38-53(80-37-63-38)41-11-9-40(10-12-41)35-62-55(73)51-34-45(72)36-69(51)56(74)46(58(3,4)5)33-44(71)18-25-76-27-29-78-30-28-77-26-24-67-20-22-68(23-21-67)50-16-13-43(32-47(50)60)70-39(2)64-49-15-14-48(65-54(49)70)42-17-19-61-52(31-42)66-57(75)79-59(6,7)8/h9-17,19,31-32,37,45-46,51,72H,18,20-30,33-36H2,1-8H3,(H,62,73)(H,61,66,75)/t45-,46-,51+/m1/s1. The van der Waals surface area contributed by atoms with Crippen molar-refractivity contribution in [1.29, 1.82) is 0 Å². The first kappa shape index (κ1) is 59.4. The van der Waals surface area contributed by atoms with Crippen LogP contribution in [-0.4, -0.2) is 160 Å². The second kappa shape index (κ2) is 26.7. The number of anilines is 2. The van der Waals surface area contributed by atoms with Gasteiger partial charge in [-0.2, -0.15) is 0 Å². The van der Waals surface area contributed by atoms with Gasteiger partial charge in [0, 0.05) is 88.8 Å². The van der Waals surface area contributed by atoms with E-state index in [4.69, 9.17) is 28.9 Å². The van der Waals surface area contributed by atoms with Gasteiger partial charge >= 0.3 is 6.09 Å². The molecule has 2 fully saturated rings. The molecule has 0 saturated carbocycles. The third-order valence-corrected chi connectivity index (χ3v) is 15.1. The van der Waals surface area contributed by atoms with E-state index in [2.05, 4.69) is 30.4 Å². The van der Waals surface area contributed by atoms with Crippen molar-refractivity contribution in [3.8, 4) is 27.4 Å². The number of carbonyl (C=O) groups is 4. The largest absolute Gasteiger partial charge is 0.444 e. The van der Waals surface area contributed by atoms with Crippen molar-refractivity contribution >= 4 is 57.7 Å². The molecule has 6 heterocycles. The topological polar surface area (TPSA) is 216 Å². The lowest BCUT2D eigenvalue weighted by molar-refractivity contribution is -0.146. The zero-order valence-electron chi connectivity index (χ0n) is 47.1. The number of Topliss-reactive ketones (excluding diaryl/α,β-unsaturated/α-hetero) is 1. The zero-order chi connectivity index (χ0) is 57.1. The number of hydrogen-bond donors (Lipinski definition) is 3. The molecule has 8 rings (SSSR count). The van der Waals surface area contributed by atoms with Crippen LogP contribution in [0.3, 0.4) is 0 Å². The lowest BCUT2D eigenvalue weighted by atomic mass is 9.76. The number of carbonyl (C=O) groups excluding carboxylic acids is 4. The Morgan fingerprint density at radius 2 is 1.54 bits per heavy atom. The number of aromatic nitrogens is 5. The fourth-order valence-corrected chi connectivity index (χ4v) is 10.7. The van der Waals surface area contributed by atoms with Gasteiger partial charge in [-0.1, -0.05) is 45.0 Å². The highest BCUT2D eigenvalue weighted by Crippen LogP contribution is 2.35. The molecule has 3 amide bonds. The van der Waals surface area contributed by atoms with E-state index < -0.39 is 35.2 Å². The number of thiazole rings is 1. The highest BCUT2D eigenvalue weighted by molar-refractivity contribution is 7.13. The molecule has 19 nitrogen and oxygen atoms in total. The number of rotatable bonds is 23. The number of amides is 3. The summed E-state index contributed by atoms with van der Waals surface area (Å²) in [5, 5.41) is 16.2. The van der Waals surface area contributed by atoms with Gasteiger partial charge in [0.2, 0.25) is 11.8 Å². The number of benzene rings is 2. The monoisotopic (exact) mass is 1120 g/mol. The molecule has 3 N–H and O–H groups in total. The second-order valence-corrected chi connectivity index (χ2v) is 23.2. The lowest BCUT2D eigenvalue weighted by Crippen LogP contribution is -2.50. The lowest BCUT2D eigenvalue weighted by Gasteiger charge is -2.36. The molecular formula is C59H75FN10O9S. The van der Waals surface area contributed by atoms with Gasteiger partial charge in [0.15, 0.2) is 5.65 Å². The first-order valence-electron chi connectivity index (χ1n) is 27.3. The number of piperazine rings is 1. The zero-order valence-corrected chi connectivity index (χ0v) is 47.9. The molecule has 0 unspecified atom stereocenters. The maximum absolute atomic E-state index is 15.9. The van der Waals surface area contributed by atoms with Gasteiger partial charge in [0.05, 0.1) is 78.9 Å². The number of likely N-dealkylation sites (tertiary alicyclic amines) is 1. The van der Waals surface area contributed by atoms with E-state index in [9.17, 15) is 24.3 Å². The number of fused-ring (bicyclic) bond motifs is 1. The van der Waals surface area contributed by atoms with E-state index in [1.54, 1.807) is 50.4 Å². The molecule has 2 aromatic carbocycles. The maximum atomic E-state index is 15.9. The summed E-state index contributed by atoms with van der Waals surface area (Å²) in [5.74, 6) is -0.819. The Bertz CT molecular complexity index is 3090. The second-order valence-electron chi connectivity index (χ2n) is 22.4. The summed E-state index contributed by atoms with van der Waals surface area (Å²) in [7, 11) is 0. The molecule has 4 aromatic heterocycles. The highest BCUT2D eigenvalue weighted by Gasteiger charge is 2.44. The summed E-state index contributed by atoms with van der Waals surface area (Å²) in [5.41, 5.74) is 7.23. The highest BCUT2D eigenvalue weighted by atomic mass is 32.1. The molecule has 80 heavy (non-hydrogen) atoms. The molecule has 428 valence electrons. The summed E-state index contributed by atoms with van der Waals surface area (Å²) in [4.78, 5) is 78.2. The number of pyridine rings is 2. The summed E-state index contributed by atoms with van der Waals surface area (Å²) in [6, 6.07) is 19.5. The first-order chi connectivity index (χ1) is 38.2. The van der Waals surface area contributed by atoms with E-state index in [-0.39, 0.29) is 62.4 Å². The molecule has 3 atom stereocenters. The number of aliphatic hydroxyl groups excluding tert-OH is 1. The van der Waals surface area contributed by atoms with Crippen molar-refractivity contribution in [1.82, 2.24) is 39.6 Å². The maximum Gasteiger partial charge on any atom is 0.413 e. The Labute approximate surface area is 471 Å². The number of nitrogens with zero attached hydrogens (tertiary/aromatic N) is 8. The Balaban J connectivity index is 0.698. The fraction of sp³-hybridized carbons (Fsp3) is 0.492. The number of nitrogens with one attached hydrogen (secondary N) is 2. The number of hydrogen-bond acceptors (Lipinski definition) is 16. The van der Waals surface area contributed by atoms with Crippen LogP contribution in [-0.2, 0) is 39.9 Å². The summed E-state index contributed by atoms with van der Waals surface area (Å²) in [6.07, 6.45) is 0.388. The van der Waals surface area contributed by atoms with Crippen molar-refractivity contribution in [3.05, 3.63) is 101 Å². The van der Waals surface area contributed by atoms with Gasteiger partial charge in [-0.05, 0) is 87.6 Å². The van der Waals surface area contributed by atoms with Crippen molar-refractivity contribution in [2.75, 3.05) is 89.1 Å². The number of aliphatic hydroxyl groups is 1. The first-order valence-corrected chi connectivity index (χ1v) is 28.2. The Hall–Kier alpha value is -6.75. The Morgan fingerprint density at radius 1 is 0.825 bits per heavy atom. The Morgan fingerprint density at radius 3 is 2.21 bits per heavy atom. The van der Waals surface area contributed by atoms with Gasteiger partial charge in [0.1, 0.15) is 40.4 Å². The molecule has 2 aliphatic rings. The molecule has 21 heteroatoms. The van der Waals surface area contributed by atoms with Crippen molar-refractivity contribution in [2.45, 2.75) is 98.9 Å². The van der Waals surface area contributed by atoms with Crippen LogP contribution >= 0.6 is 11.3 Å². The van der Waals surface area contributed by atoms with Gasteiger partial charge in [-0.15, -0.1) is 11.3 Å². The summed E-state index contributed by atoms with van der Waals surface area (Å²) < 4.78 is 40.4. The van der Waals surface area contributed by atoms with Crippen LogP contribution in [0.1, 0.15) is 77.9 Å². The van der Waals surface area contributed by atoms with Crippen LogP contribution < -0.4 is 15.5 Å². The average molecular weight is 1120 g/mol. The van der Waals surface area contributed by atoms with Crippen molar-refractivity contribution in [3.63, 3.8) is 0 Å². The average Bonchev–Trinajstić information content (AvgIpc) is 4.24. The van der Waals surface area contributed by atoms with E-state index >= 15 is 4.39 Å². The van der Waals surface area contributed by atoms with Crippen LogP contribution in [0.5, 0.6) is 0 Å². The van der Waals surface area contributed by atoms with E-state index in [1.165, 1.54) is 11.0 Å². The molecule has 0 radical (unpaired) electrons. The molecular weight excluding hydrogens is 1040 g/mol. The number of ether oxygens (including phenoxy) is 4. The number of halogens is 1. The molecule has 0 aliphatic carbocycles. The fourth-order valence-electron chi connectivity index (χ4n) is 9.89. The SMILES string of the molecule is Cc1ncsc1-c1ccc(CNC(=O)[C@@H]2C[C@@H](O)CN2C(=O)[C@@H](CC(=O)CCOCCOCCOCCN2CCN(c3ccc(-n4c(C)nc5ccc(-c6ccnc(NC(=O)OC(C)(C)C)c6)nc54)cc3F)CC2)C(C)(C)C)cc1. The molecule has 2 saturated heterocycles.